The fourth-order valence-corrected chi connectivity index (χ4v) is 4.61. The van der Waals surface area contributed by atoms with Crippen molar-refractivity contribution in [3.05, 3.63) is 34.2 Å². The monoisotopic (exact) mass is 458 g/mol. The van der Waals surface area contributed by atoms with Crippen LogP contribution in [0.25, 0.3) is 33.1 Å². The number of H-pyrrole nitrogens is 1. The Kier molecular flexibility index (Phi) is 4.73. The van der Waals surface area contributed by atoms with Crippen molar-refractivity contribution >= 4 is 51.1 Å². The number of nitrogens with one attached hydrogen (secondary N) is 1. The van der Waals surface area contributed by atoms with Gasteiger partial charge >= 0.3 is 0 Å². The first-order valence-electron chi connectivity index (χ1n) is 9.64. The second-order valence-electron chi connectivity index (χ2n) is 7.56. The minimum atomic E-state index is -1.17. The topological polar surface area (TPSA) is 112 Å². The molecule has 0 spiro atoms. The lowest BCUT2D eigenvalue weighted by molar-refractivity contribution is 0.250. The van der Waals surface area contributed by atoms with Crippen LogP contribution in [0.4, 0.5) is 10.3 Å². The average Bonchev–Trinajstić information content (AvgIpc) is 3.31. The van der Waals surface area contributed by atoms with Crippen LogP contribution in [0.1, 0.15) is 12.1 Å². The Hall–Kier alpha value is -2.93. The summed E-state index contributed by atoms with van der Waals surface area (Å²) in [5, 5.41) is 16.2. The van der Waals surface area contributed by atoms with Gasteiger partial charge in [-0.3, -0.25) is 4.68 Å². The van der Waals surface area contributed by atoms with E-state index in [0.717, 1.165) is 0 Å². The molecule has 1 saturated heterocycles. The molecule has 3 aromatic heterocycles. The molecule has 158 valence electrons. The summed E-state index contributed by atoms with van der Waals surface area (Å²) >= 11 is 13.1. The number of fused-ring (bicyclic) bond motifs is 2. The highest BCUT2D eigenvalue weighted by Gasteiger charge is 2.29. The van der Waals surface area contributed by atoms with Crippen LogP contribution in [-0.4, -0.2) is 50.0 Å². The third-order valence-electron chi connectivity index (χ3n) is 5.66. The molecule has 1 aromatic carbocycles. The largest absolute Gasteiger partial charge is 0.345 e. The number of hydrogen-bond donors (Lipinski definition) is 2. The van der Waals surface area contributed by atoms with Gasteiger partial charge in [0, 0.05) is 37.0 Å². The predicted molar refractivity (Wildman–Crippen MR) is 118 cm³/mol. The van der Waals surface area contributed by atoms with Crippen LogP contribution in [0.5, 0.6) is 0 Å². The molecule has 4 aromatic rings. The van der Waals surface area contributed by atoms with E-state index in [1.807, 2.05) is 12.1 Å². The molecule has 8 nitrogen and oxygen atoms in total. The maximum Gasteiger partial charge on any atom is 0.228 e. The first-order valence-corrected chi connectivity index (χ1v) is 10.4. The second-order valence-corrected chi connectivity index (χ2v) is 8.30. The number of aromatic amines is 1. The van der Waals surface area contributed by atoms with Crippen LogP contribution in [0, 0.1) is 11.3 Å². The molecule has 3 N–H and O–H groups in total. The Balaban J connectivity index is 1.65. The molecule has 0 saturated carbocycles. The third kappa shape index (κ3) is 3.10. The summed E-state index contributed by atoms with van der Waals surface area (Å²) in [7, 11) is 1.74. The minimum Gasteiger partial charge on any atom is -0.345 e. The molecule has 0 amide bonds. The Labute approximate surface area is 186 Å². The van der Waals surface area contributed by atoms with E-state index >= 15 is 0 Å². The lowest BCUT2D eigenvalue weighted by atomic mass is 10.0. The van der Waals surface area contributed by atoms with E-state index in [2.05, 4.69) is 26.1 Å². The smallest absolute Gasteiger partial charge is 0.228 e. The Morgan fingerprint density at radius 2 is 2.06 bits per heavy atom. The number of anilines is 1. The predicted octanol–water partition coefficient (Wildman–Crippen LogP) is 3.57. The number of benzene rings is 1. The van der Waals surface area contributed by atoms with E-state index in [-0.39, 0.29) is 12.2 Å². The zero-order chi connectivity index (χ0) is 21.9. The van der Waals surface area contributed by atoms with E-state index in [9.17, 15) is 9.65 Å². The number of nitriles is 1. The van der Waals surface area contributed by atoms with Crippen LogP contribution in [0.2, 0.25) is 10.2 Å². The quantitative estimate of drug-likeness (QED) is 0.474. The van der Waals surface area contributed by atoms with Crippen LogP contribution in [0.15, 0.2) is 18.3 Å². The number of aromatic nitrogens is 5. The number of aryl methyl sites for hydroxylation is 1. The van der Waals surface area contributed by atoms with Crippen molar-refractivity contribution in [2.24, 2.45) is 12.8 Å². The highest BCUT2D eigenvalue weighted by atomic mass is 35.5. The number of rotatable bonds is 2. The summed E-state index contributed by atoms with van der Waals surface area (Å²) in [6.07, 6.45) is 1.04. The fourth-order valence-electron chi connectivity index (χ4n) is 3.98. The molecule has 4 heterocycles. The van der Waals surface area contributed by atoms with E-state index in [4.69, 9.17) is 28.9 Å². The van der Waals surface area contributed by atoms with Crippen molar-refractivity contribution in [3.63, 3.8) is 0 Å². The van der Waals surface area contributed by atoms with Gasteiger partial charge in [0.1, 0.15) is 23.0 Å². The molecular weight excluding hydrogens is 442 g/mol. The summed E-state index contributed by atoms with van der Waals surface area (Å²) < 4.78 is 15.7. The van der Waals surface area contributed by atoms with Gasteiger partial charge in [-0.1, -0.05) is 29.3 Å². The molecule has 1 aliphatic rings. The lowest BCUT2D eigenvalue weighted by Crippen LogP contribution is -2.49. The molecule has 1 aliphatic heterocycles. The highest BCUT2D eigenvalue weighted by Crippen LogP contribution is 2.40. The molecule has 0 bridgehead atoms. The van der Waals surface area contributed by atoms with Crippen LogP contribution in [0.3, 0.4) is 0 Å². The summed E-state index contributed by atoms with van der Waals surface area (Å²) in [6, 6.07) is 5.28. The van der Waals surface area contributed by atoms with Crippen LogP contribution >= 0.6 is 23.2 Å². The number of piperidine rings is 1. The maximum absolute atomic E-state index is 14.1. The Morgan fingerprint density at radius 1 is 1.26 bits per heavy atom. The van der Waals surface area contributed by atoms with Crippen LogP contribution < -0.4 is 10.6 Å². The van der Waals surface area contributed by atoms with Crippen molar-refractivity contribution in [2.45, 2.75) is 18.6 Å². The molecule has 0 radical (unpaired) electrons. The number of hydrogen-bond acceptors (Lipinski definition) is 6. The molecule has 1 fully saturated rings. The third-order valence-corrected chi connectivity index (χ3v) is 6.48. The summed E-state index contributed by atoms with van der Waals surface area (Å²) in [6.45, 7) is 0.612. The number of alkyl halides is 1. The highest BCUT2D eigenvalue weighted by molar-refractivity contribution is 6.43. The molecule has 2 atom stereocenters. The van der Waals surface area contributed by atoms with Gasteiger partial charge in [-0.05, 0) is 12.5 Å². The number of nitrogens with zero attached hydrogens (tertiary/aromatic N) is 6. The van der Waals surface area contributed by atoms with Gasteiger partial charge in [-0.15, -0.1) is 0 Å². The zero-order valence-corrected chi connectivity index (χ0v) is 17.9. The van der Waals surface area contributed by atoms with E-state index in [1.165, 1.54) is 0 Å². The second kappa shape index (κ2) is 7.34. The fraction of sp³-hybridized carbons (Fsp3) is 0.300. The number of halogens is 3. The number of nitrogens with two attached hydrogens (primary N) is 1. The van der Waals surface area contributed by atoms with Crippen molar-refractivity contribution in [2.75, 3.05) is 18.0 Å². The maximum atomic E-state index is 14.1. The molecule has 5 rings (SSSR count). The summed E-state index contributed by atoms with van der Waals surface area (Å²) in [5.74, 6) is 0.295. The normalized spacial score (nSPS) is 19.3. The van der Waals surface area contributed by atoms with Crippen molar-refractivity contribution in [1.29, 1.82) is 5.26 Å². The summed E-state index contributed by atoms with van der Waals surface area (Å²) in [5.41, 5.74) is 8.44. The standard InChI is InChI=1S/C20H17Cl2FN8/c1-30-18(22)16-13(29-30)3-2-9(17(16)21)10-7-26-19-15(10)14(6-24)27-20(28-19)31-5-4-12(25)11(23)8-31/h2-3,7,11-12H,4-5,8,25H2,1H3,(H,26,27,28)/t11-,12-/m1/s1. The average molecular weight is 459 g/mol. The molecule has 0 aliphatic carbocycles. The van der Waals surface area contributed by atoms with E-state index in [1.54, 1.807) is 22.8 Å². The lowest BCUT2D eigenvalue weighted by Gasteiger charge is -2.32. The Morgan fingerprint density at radius 3 is 2.81 bits per heavy atom. The summed E-state index contributed by atoms with van der Waals surface area (Å²) in [4.78, 5) is 13.8. The van der Waals surface area contributed by atoms with Gasteiger partial charge < -0.3 is 15.6 Å². The van der Waals surface area contributed by atoms with Crippen LogP contribution in [-0.2, 0) is 7.05 Å². The zero-order valence-electron chi connectivity index (χ0n) is 16.4. The van der Waals surface area contributed by atoms with Gasteiger partial charge in [0.15, 0.2) is 5.69 Å². The molecule has 11 heteroatoms. The molecular formula is C20H17Cl2FN8. The van der Waals surface area contributed by atoms with E-state index in [0.29, 0.717) is 62.2 Å². The van der Waals surface area contributed by atoms with Gasteiger partial charge in [0.2, 0.25) is 5.95 Å². The van der Waals surface area contributed by atoms with Gasteiger partial charge in [0.05, 0.1) is 27.9 Å². The van der Waals surface area contributed by atoms with Gasteiger partial charge in [-0.2, -0.15) is 15.3 Å². The van der Waals surface area contributed by atoms with Crippen molar-refractivity contribution in [1.82, 2.24) is 24.7 Å². The van der Waals surface area contributed by atoms with Crippen molar-refractivity contribution < 1.29 is 4.39 Å². The molecule has 0 unspecified atom stereocenters. The van der Waals surface area contributed by atoms with Crippen molar-refractivity contribution in [3.8, 4) is 17.2 Å². The first-order chi connectivity index (χ1) is 14.9. The van der Waals surface area contributed by atoms with Gasteiger partial charge in [0.25, 0.3) is 0 Å². The van der Waals surface area contributed by atoms with Gasteiger partial charge in [-0.25, -0.2) is 9.37 Å². The molecule has 31 heavy (non-hydrogen) atoms. The first kappa shape index (κ1) is 20.0. The Bertz CT molecular complexity index is 1370. The SMILES string of the molecule is Cn1nc2ccc(-c3c[nH]c4nc(N5CC[C@@H](N)[C@H](F)C5)nc(C#N)c34)c(Cl)c2c1Cl. The van der Waals surface area contributed by atoms with E-state index < -0.39 is 12.2 Å². The minimum absolute atomic E-state index is 0.0904.